The van der Waals surface area contributed by atoms with Crippen LogP contribution in [0.25, 0.3) is 0 Å². The highest BCUT2D eigenvalue weighted by Crippen LogP contribution is 1.83. The fraction of sp³-hybridized carbons (Fsp3) is 1.00. The zero-order valence-electron chi connectivity index (χ0n) is 3.96. The molecule has 0 radical (unpaired) electrons. The van der Waals surface area contributed by atoms with Crippen LogP contribution in [0.15, 0.2) is 0 Å². The van der Waals surface area contributed by atoms with Gasteiger partial charge in [0.25, 0.3) is 16.3 Å². The van der Waals surface area contributed by atoms with Crippen molar-refractivity contribution in [3.63, 3.8) is 0 Å². The number of hydrogen-bond acceptors (Lipinski definition) is 4. The fourth-order valence-corrected chi connectivity index (χ4v) is 1.74. The van der Waals surface area contributed by atoms with E-state index < -0.39 is 9.05 Å². The molecule has 4 nitrogen and oxygen atoms in total. The topological polar surface area (TPSA) is 69.9 Å². The molecule has 3 N–H and O–H groups in total. The van der Waals surface area contributed by atoms with Gasteiger partial charge in [0.1, 0.15) is 0 Å². The lowest BCUT2D eigenvalue weighted by Crippen LogP contribution is -2.39. The Bertz CT molecular complexity index is 50.1. The monoisotopic (exact) mass is 138 g/mol. The van der Waals surface area contributed by atoms with Crippen LogP contribution in [-0.4, -0.2) is 45.2 Å². The van der Waals surface area contributed by atoms with Crippen molar-refractivity contribution in [1.29, 1.82) is 0 Å². The molecule has 0 bridgehead atoms. The van der Waals surface area contributed by atoms with Gasteiger partial charge in [0.05, 0.1) is 0 Å². The van der Waals surface area contributed by atoms with Crippen molar-refractivity contribution in [2.75, 3.05) is 5.47 Å². The van der Waals surface area contributed by atoms with Crippen molar-refractivity contribution in [2.45, 2.75) is 0 Å². The van der Waals surface area contributed by atoms with Crippen molar-refractivity contribution >= 4 is 25.3 Å². The van der Waals surface area contributed by atoms with Crippen molar-refractivity contribution in [1.82, 2.24) is 0 Å². The van der Waals surface area contributed by atoms with Crippen LogP contribution in [0, 0.1) is 0 Å². The molecule has 0 fully saturated rings. The molecule has 0 atom stereocenters. The molecule has 0 heterocycles. The molecule has 0 unspecified atom stereocenters. The fourth-order valence-electron chi connectivity index (χ4n) is 0.194. The lowest BCUT2D eigenvalue weighted by Gasteiger charge is -2.05. The van der Waals surface area contributed by atoms with Gasteiger partial charge in [-0.25, -0.2) is 0 Å². The lowest BCUT2D eigenvalue weighted by atomic mass is 11.7. The maximum absolute atomic E-state index is 8.07. The first-order valence-corrected chi connectivity index (χ1v) is 5.03. The standard InChI is InChI=1S/CH5O4Si.Al.2H/c1-5-6(2,3)4;;;/h2-4H,1H2;;;. The number of rotatable bonds is 2. The average molecular weight is 138 g/mol. The summed E-state index contributed by atoms with van der Waals surface area (Å²) in [6, 6.07) is 0. The molecule has 7 heavy (non-hydrogen) atoms. The smallest absolute Gasteiger partial charge is 0.368 e. The summed E-state index contributed by atoms with van der Waals surface area (Å²) >= 11 is 0.702. The molecule has 0 aromatic heterocycles. The van der Waals surface area contributed by atoms with Crippen LogP contribution in [0.2, 0.25) is 0 Å². The van der Waals surface area contributed by atoms with Crippen LogP contribution in [0.4, 0.5) is 0 Å². The first-order chi connectivity index (χ1) is 3.06. The van der Waals surface area contributed by atoms with Gasteiger partial charge < -0.3 is 18.8 Å². The van der Waals surface area contributed by atoms with E-state index in [4.69, 9.17) is 14.4 Å². The van der Waals surface area contributed by atoms with Crippen molar-refractivity contribution < 1.29 is 18.8 Å². The Morgan fingerprint density at radius 1 is 1.43 bits per heavy atom. The second-order valence-corrected chi connectivity index (χ2v) is 3.02. The van der Waals surface area contributed by atoms with E-state index in [1.165, 1.54) is 0 Å². The predicted molar refractivity (Wildman–Crippen MR) is 26.9 cm³/mol. The Morgan fingerprint density at radius 3 is 1.86 bits per heavy atom. The van der Waals surface area contributed by atoms with Crippen LogP contribution in [0.5, 0.6) is 0 Å². The maximum Gasteiger partial charge on any atom is 0.670 e. The summed E-state index contributed by atoms with van der Waals surface area (Å²) in [4.78, 5) is 24.2. The summed E-state index contributed by atoms with van der Waals surface area (Å²) in [5, 5.41) is 0. The molecule has 0 amide bonds. The molecule has 42 valence electrons. The summed E-state index contributed by atoms with van der Waals surface area (Å²) in [6.07, 6.45) is 0. The number of hydrogen-bond donors (Lipinski definition) is 3. The predicted octanol–water partition coefficient (Wildman–Crippen LogP) is -2.99. The Kier molecular flexibility index (Phi) is 3.03. The molecular formula is CH7AlO4Si. The van der Waals surface area contributed by atoms with Crippen LogP contribution < -0.4 is 0 Å². The third-order valence-corrected chi connectivity index (χ3v) is 1.88. The lowest BCUT2D eigenvalue weighted by molar-refractivity contribution is 0.0808. The second kappa shape index (κ2) is 2.79. The van der Waals surface area contributed by atoms with E-state index in [-0.39, 0.29) is 5.47 Å². The normalized spacial score (nSPS) is 11.9. The summed E-state index contributed by atoms with van der Waals surface area (Å²) in [6.45, 7) is 0. The third-order valence-electron chi connectivity index (χ3n) is 0.338. The van der Waals surface area contributed by atoms with Gasteiger partial charge in [0, 0.05) is 0 Å². The summed E-state index contributed by atoms with van der Waals surface area (Å²) in [5.41, 5.74) is 0.260. The van der Waals surface area contributed by atoms with Crippen LogP contribution in [0.1, 0.15) is 0 Å². The van der Waals surface area contributed by atoms with E-state index in [9.17, 15) is 0 Å². The molecule has 0 aromatic rings. The van der Waals surface area contributed by atoms with Crippen LogP contribution in [-0.2, 0) is 4.43 Å². The third kappa shape index (κ3) is 6.59. The van der Waals surface area contributed by atoms with Gasteiger partial charge in [-0.05, 0) is 5.47 Å². The van der Waals surface area contributed by atoms with Crippen molar-refractivity contribution in [2.24, 2.45) is 0 Å². The Balaban J connectivity index is 3.15. The minimum atomic E-state index is -4.12. The van der Waals surface area contributed by atoms with Gasteiger partial charge in [0.15, 0.2) is 0 Å². The molecular weight excluding hydrogens is 131 g/mol. The maximum atomic E-state index is 8.07. The highest BCUT2D eigenvalue weighted by Gasteiger charge is 2.28. The molecule has 0 aliphatic carbocycles. The summed E-state index contributed by atoms with van der Waals surface area (Å²) < 4.78 is 4.10. The molecule has 0 aromatic carbocycles. The van der Waals surface area contributed by atoms with Crippen LogP contribution in [0.3, 0.4) is 0 Å². The molecule has 0 saturated carbocycles. The quantitative estimate of drug-likeness (QED) is 0.356. The first kappa shape index (κ1) is 7.59. The summed E-state index contributed by atoms with van der Waals surface area (Å²) in [7, 11) is -4.12. The van der Waals surface area contributed by atoms with Crippen molar-refractivity contribution in [3.05, 3.63) is 0 Å². The Hall–Kier alpha value is 0.589. The van der Waals surface area contributed by atoms with Gasteiger partial charge in [0.2, 0.25) is 0 Å². The highest BCUT2D eigenvalue weighted by molar-refractivity contribution is 6.49. The second-order valence-electron chi connectivity index (χ2n) is 1.01. The first-order valence-electron chi connectivity index (χ1n) is 1.87. The average Bonchev–Trinajstić information content (AvgIpc) is 1.30. The minimum Gasteiger partial charge on any atom is -0.368 e. The molecule has 0 spiro atoms. The van der Waals surface area contributed by atoms with Gasteiger partial charge >= 0.3 is 9.05 Å². The van der Waals surface area contributed by atoms with E-state index in [0.29, 0.717) is 16.3 Å². The molecule has 0 saturated heterocycles. The van der Waals surface area contributed by atoms with E-state index in [1.54, 1.807) is 0 Å². The van der Waals surface area contributed by atoms with Crippen molar-refractivity contribution in [3.8, 4) is 0 Å². The van der Waals surface area contributed by atoms with E-state index in [0.717, 1.165) is 0 Å². The minimum absolute atomic E-state index is 0.260. The Labute approximate surface area is 50.3 Å². The molecule has 0 aliphatic heterocycles. The molecule has 0 rings (SSSR count). The zero-order chi connectivity index (χ0) is 5.91. The molecule has 0 aliphatic rings. The largest absolute Gasteiger partial charge is 0.670 e. The van der Waals surface area contributed by atoms with Crippen LogP contribution >= 0.6 is 0 Å². The summed E-state index contributed by atoms with van der Waals surface area (Å²) in [5.74, 6) is 0. The zero-order valence-corrected chi connectivity index (χ0v) is 6.96. The van der Waals surface area contributed by atoms with E-state index >= 15 is 0 Å². The van der Waals surface area contributed by atoms with Gasteiger partial charge in [-0.15, -0.1) is 0 Å². The highest BCUT2D eigenvalue weighted by atomic mass is 28.4. The molecule has 6 heteroatoms. The Morgan fingerprint density at radius 2 is 1.86 bits per heavy atom. The van der Waals surface area contributed by atoms with E-state index in [1.807, 2.05) is 0 Å². The van der Waals surface area contributed by atoms with Gasteiger partial charge in [-0.2, -0.15) is 0 Å². The van der Waals surface area contributed by atoms with Gasteiger partial charge in [-0.1, -0.05) is 0 Å². The SMILES string of the molecule is O[Si](O)(O)O[CH2][AlH2]. The van der Waals surface area contributed by atoms with Gasteiger partial charge in [-0.3, -0.25) is 0 Å². The van der Waals surface area contributed by atoms with E-state index in [2.05, 4.69) is 4.43 Å².